The van der Waals surface area contributed by atoms with Gasteiger partial charge in [-0.2, -0.15) is 8.42 Å². The van der Waals surface area contributed by atoms with Crippen LogP contribution < -0.4 is 19.7 Å². The summed E-state index contributed by atoms with van der Waals surface area (Å²) < 4.78 is 45.4. The number of hydrogen-bond acceptors (Lipinski definition) is 12. The van der Waals surface area contributed by atoms with E-state index in [4.69, 9.17) is 19.2 Å². The minimum absolute atomic E-state index is 0.0467. The highest BCUT2D eigenvalue weighted by molar-refractivity contribution is 7.85. The zero-order chi connectivity index (χ0) is 38.2. The Morgan fingerprint density at radius 1 is 0.774 bits per heavy atom. The summed E-state index contributed by atoms with van der Waals surface area (Å²) in [6, 6.07) is 27.4. The van der Waals surface area contributed by atoms with E-state index in [0.717, 1.165) is 78.0 Å². The van der Waals surface area contributed by atoms with Crippen LogP contribution in [0.15, 0.2) is 84.9 Å². The molecule has 14 heteroatoms. The van der Waals surface area contributed by atoms with E-state index in [-0.39, 0.29) is 13.2 Å². The Morgan fingerprint density at radius 2 is 1.28 bits per heavy atom. The molecule has 0 aliphatic rings. The first kappa shape index (κ1) is 39.4. The number of rotatable bonds is 12. The zero-order valence-corrected chi connectivity index (χ0v) is 33.3. The molecule has 0 aliphatic heterocycles. The predicted molar refractivity (Wildman–Crippen MR) is 216 cm³/mol. The third-order valence-corrected chi connectivity index (χ3v) is 10.2. The van der Waals surface area contributed by atoms with Crippen molar-refractivity contribution < 1.29 is 31.6 Å². The van der Waals surface area contributed by atoms with Crippen molar-refractivity contribution in [3.63, 3.8) is 0 Å². The fourth-order valence-corrected chi connectivity index (χ4v) is 7.21. The second kappa shape index (κ2) is 17.4. The van der Waals surface area contributed by atoms with Gasteiger partial charge in [0.25, 0.3) is 10.1 Å². The molecule has 0 bridgehead atoms. The van der Waals surface area contributed by atoms with Crippen molar-refractivity contribution in [3.05, 3.63) is 84.9 Å². The number of ether oxygens (including phenoxy) is 3. The highest BCUT2D eigenvalue weighted by Crippen LogP contribution is 2.34. The van der Waals surface area contributed by atoms with Gasteiger partial charge < -0.3 is 19.5 Å². The van der Waals surface area contributed by atoms with E-state index in [1.54, 1.807) is 24.5 Å². The van der Waals surface area contributed by atoms with Gasteiger partial charge in [-0.15, -0.1) is 22.7 Å². The number of thiazole rings is 2. The Morgan fingerprint density at radius 3 is 1.75 bits per heavy atom. The van der Waals surface area contributed by atoms with Gasteiger partial charge in [0.05, 0.1) is 33.3 Å². The quantitative estimate of drug-likeness (QED) is 0.0948. The summed E-state index contributed by atoms with van der Waals surface area (Å²) in [6.45, 7) is 8.42. The molecule has 0 fully saturated rings. The number of hydrogen-bond donors (Lipinski definition) is 1. The van der Waals surface area contributed by atoms with Crippen LogP contribution in [-0.4, -0.2) is 70.3 Å². The van der Waals surface area contributed by atoms with Crippen LogP contribution in [0.3, 0.4) is 0 Å². The summed E-state index contributed by atoms with van der Waals surface area (Å²) in [5.74, 6) is 1.53. The second-order valence-corrected chi connectivity index (χ2v) is 16.6. The van der Waals surface area contributed by atoms with Gasteiger partial charge in [0.15, 0.2) is 0 Å². The third kappa shape index (κ3) is 11.4. The zero-order valence-electron chi connectivity index (χ0n) is 30.8. The SMILES string of the molecule is CCCOc1ccc2nc(-c3ccc(NC)cc3)sc2c1.CN(C(=O)OC(C)(C)C)c1ccc(-c2nc3ccc(OCCOS(C)(=O)=O)cc3s2)cc1. The normalized spacial score (nSPS) is 11.5. The molecule has 0 spiro atoms. The molecule has 1 N–H and O–H groups in total. The molecule has 0 unspecified atom stereocenters. The van der Waals surface area contributed by atoms with Gasteiger partial charge >= 0.3 is 6.09 Å². The number of carbonyl (C=O) groups excluding carboxylic acids is 1. The Labute approximate surface area is 318 Å². The van der Waals surface area contributed by atoms with E-state index >= 15 is 0 Å². The molecule has 0 aliphatic carbocycles. The molecule has 2 aromatic heterocycles. The average Bonchev–Trinajstić information content (AvgIpc) is 3.76. The molecule has 6 rings (SSSR count). The van der Waals surface area contributed by atoms with Crippen LogP contribution in [-0.2, 0) is 19.0 Å². The van der Waals surface area contributed by atoms with Crippen LogP contribution in [0.4, 0.5) is 16.2 Å². The molecular weight excluding hydrogens is 733 g/mol. The van der Waals surface area contributed by atoms with Crippen molar-refractivity contribution in [3.8, 4) is 32.6 Å². The lowest BCUT2D eigenvalue weighted by Crippen LogP contribution is -2.34. The summed E-state index contributed by atoms with van der Waals surface area (Å²) in [6.07, 6.45) is 1.60. The largest absolute Gasteiger partial charge is 0.494 e. The lowest BCUT2D eigenvalue weighted by atomic mass is 10.2. The topological polar surface area (TPSA) is 129 Å². The maximum atomic E-state index is 12.3. The molecule has 0 radical (unpaired) electrons. The predicted octanol–water partition coefficient (Wildman–Crippen LogP) is 9.48. The van der Waals surface area contributed by atoms with E-state index in [1.807, 2.05) is 76.3 Å². The number of aromatic nitrogens is 2. The number of fused-ring (bicyclic) bond motifs is 2. The van der Waals surface area contributed by atoms with Gasteiger partial charge in [0.1, 0.15) is 40.3 Å². The van der Waals surface area contributed by atoms with Crippen molar-refractivity contribution in [1.82, 2.24) is 9.97 Å². The first-order valence-corrected chi connectivity index (χ1v) is 20.4. The third-order valence-electron chi connectivity index (χ3n) is 7.43. The lowest BCUT2D eigenvalue weighted by molar-refractivity contribution is 0.0589. The number of anilines is 2. The maximum Gasteiger partial charge on any atom is 0.414 e. The Bertz CT molecular complexity index is 2250. The summed E-state index contributed by atoms with van der Waals surface area (Å²) in [5, 5.41) is 5.00. The van der Waals surface area contributed by atoms with Crippen LogP contribution in [0, 0.1) is 0 Å². The Hall–Kier alpha value is -4.76. The van der Waals surface area contributed by atoms with Crippen LogP contribution in [0.5, 0.6) is 11.5 Å². The number of nitrogens with one attached hydrogen (secondary N) is 1. The van der Waals surface area contributed by atoms with Gasteiger partial charge in [-0.25, -0.2) is 14.8 Å². The Balaban J connectivity index is 0.000000222. The van der Waals surface area contributed by atoms with Gasteiger partial charge in [-0.1, -0.05) is 6.92 Å². The number of benzene rings is 4. The molecule has 53 heavy (non-hydrogen) atoms. The van der Waals surface area contributed by atoms with Crippen LogP contribution in [0.1, 0.15) is 34.1 Å². The van der Waals surface area contributed by atoms with Crippen LogP contribution >= 0.6 is 22.7 Å². The Kier molecular flexibility index (Phi) is 12.9. The van der Waals surface area contributed by atoms with Gasteiger partial charge in [-0.05, 0) is 112 Å². The average molecular weight is 777 g/mol. The summed E-state index contributed by atoms with van der Waals surface area (Å²) in [5.41, 5.74) is 5.19. The van der Waals surface area contributed by atoms with Crippen molar-refractivity contribution >= 4 is 70.7 Å². The minimum atomic E-state index is -3.48. The second-order valence-electron chi connectivity index (χ2n) is 12.9. The highest BCUT2D eigenvalue weighted by atomic mass is 32.2. The van der Waals surface area contributed by atoms with Crippen molar-refractivity contribution in [2.24, 2.45) is 0 Å². The molecule has 1 amide bonds. The van der Waals surface area contributed by atoms with Gasteiger partial charge in [0.2, 0.25) is 0 Å². The van der Waals surface area contributed by atoms with E-state index in [2.05, 4.69) is 51.7 Å². The first-order valence-electron chi connectivity index (χ1n) is 17.0. The monoisotopic (exact) mass is 776 g/mol. The van der Waals surface area contributed by atoms with Crippen molar-refractivity contribution in [1.29, 1.82) is 0 Å². The smallest absolute Gasteiger partial charge is 0.414 e. The lowest BCUT2D eigenvalue weighted by Gasteiger charge is -2.24. The van der Waals surface area contributed by atoms with Crippen molar-refractivity contribution in [2.45, 2.75) is 39.7 Å². The molecule has 0 saturated carbocycles. The maximum absolute atomic E-state index is 12.3. The van der Waals surface area contributed by atoms with Crippen molar-refractivity contribution in [2.75, 3.05) is 50.4 Å². The number of nitrogens with zero attached hydrogens (tertiary/aromatic N) is 3. The molecule has 280 valence electrons. The molecule has 0 saturated heterocycles. The van der Waals surface area contributed by atoms with Crippen LogP contribution in [0.25, 0.3) is 41.6 Å². The van der Waals surface area contributed by atoms with Gasteiger partial charge in [0, 0.05) is 36.6 Å². The molecule has 11 nitrogen and oxygen atoms in total. The summed E-state index contributed by atoms with van der Waals surface area (Å²) >= 11 is 3.21. The van der Waals surface area contributed by atoms with E-state index in [9.17, 15) is 13.2 Å². The number of carbonyl (C=O) groups is 1. The molecule has 6 aromatic rings. The molecule has 0 atom stereocenters. The summed E-state index contributed by atoms with van der Waals surface area (Å²) in [7, 11) is 0.112. The fraction of sp³-hybridized carbons (Fsp3) is 0.308. The molecule has 4 aromatic carbocycles. The van der Waals surface area contributed by atoms with E-state index in [1.165, 1.54) is 16.2 Å². The standard InChI is InChI=1S/C22H26N2O6S2.C17H18N2OS/c1-22(2,3)30-21(25)24(4)16-8-6-15(7-9-16)20-23-18-11-10-17(14-19(18)31-20)28-12-13-29-32(5,26)27;1-3-10-20-14-8-9-15-16(11-14)21-17(19-15)12-4-6-13(18-2)7-5-12/h6-11,14H,12-13H2,1-5H3;4-9,11,18H,3,10H2,1-2H3. The van der Waals surface area contributed by atoms with Gasteiger partial charge in [-0.3, -0.25) is 9.08 Å². The molecular formula is C39H44N4O7S3. The van der Waals surface area contributed by atoms with Crippen LogP contribution in [0.2, 0.25) is 0 Å². The molecule has 2 heterocycles. The van der Waals surface area contributed by atoms with E-state index in [0.29, 0.717) is 5.75 Å². The first-order chi connectivity index (χ1) is 25.2. The minimum Gasteiger partial charge on any atom is -0.494 e. The van der Waals surface area contributed by atoms with E-state index < -0.39 is 21.8 Å². The number of amides is 1. The fourth-order valence-electron chi connectivity index (χ4n) is 4.84. The highest BCUT2D eigenvalue weighted by Gasteiger charge is 2.21. The summed E-state index contributed by atoms with van der Waals surface area (Å²) in [4.78, 5) is 23.1.